The number of anilines is 1. The van der Waals surface area contributed by atoms with Crippen LogP contribution in [-0.2, 0) is 13.1 Å². The van der Waals surface area contributed by atoms with E-state index in [0.717, 1.165) is 36.3 Å². The van der Waals surface area contributed by atoms with Gasteiger partial charge in [0.05, 0.1) is 18.8 Å². The van der Waals surface area contributed by atoms with E-state index in [-0.39, 0.29) is 24.0 Å². The molecule has 2 N–H and O–H groups in total. The molecule has 1 aromatic carbocycles. The Hall–Kier alpha value is -1.00. The zero-order chi connectivity index (χ0) is 19.8. The average Bonchev–Trinajstić information content (AvgIpc) is 3.21. The van der Waals surface area contributed by atoms with Crippen molar-refractivity contribution in [3.8, 4) is 0 Å². The van der Waals surface area contributed by atoms with Gasteiger partial charge in [-0.1, -0.05) is 26.0 Å². The fraction of sp³-hybridized carbons (Fsp3) is 0.524. The number of nitrogens with zero attached hydrogens (tertiary/aromatic N) is 3. The van der Waals surface area contributed by atoms with Gasteiger partial charge in [-0.3, -0.25) is 0 Å². The zero-order valence-corrected chi connectivity index (χ0v) is 21.4. The van der Waals surface area contributed by atoms with Crippen LogP contribution in [0.3, 0.4) is 0 Å². The third-order valence-electron chi connectivity index (χ3n) is 4.64. The highest BCUT2D eigenvalue weighted by atomic mass is 127. The Morgan fingerprint density at radius 3 is 2.52 bits per heavy atom. The number of thioether (sulfide) groups is 1. The van der Waals surface area contributed by atoms with Gasteiger partial charge in [0.1, 0.15) is 5.01 Å². The summed E-state index contributed by atoms with van der Waals surface area (Å²) in [4.78, 5) is 11.9. The minimum absolute atomic E-state index is 0. The van der Waals surface area contributed by atoms with E-state index < -0.39 is 0 Å². The van der Waals surface area contributed by atoms with E-state index in [1.54, 1.807) is 11.3 Å². The van der Waals surface area contributed by atoms with Crippen molar-refractivity contribution in [2.45, 2.75) is 39.8 Å². The molecule has 0 unspecified atom stereocenters. The maximum atomic E-state index is 4.74. The lowest BCUT2D eigenvalue weighted by Gasteiger charge is -2.28. The van der Waals surface area contributed by atoms with Crippen molar-refractivity contribution in [3.05, 3.63) is 45.9 Å². The van der Waals surface area contributed by atoms with Crippen molar-refractivity contribution in [3.63, 3.8) is 0 Å². The van der Waals surface area contributed by atoms with Crippen LogP contribution in [0.25, 0.3) is 0 Å². The normalized spacial score (nSPS) is 14.6. The molecule has 1 aliphatic heterocycles. The van der Waals surface area contributed by atoms with Crippen LogP contribution in [0.2, 0.25) is 0 Å². The predicted molar refractivity (Wildman–Crippen MR) is 139 cm³/mol. The topological polar surface area (TPSA) is 52.6 Å². The molecule has 1 fully saturated rings. The van der Waals surface area contributed by atoms with Crippen LogP contribution < -0.4 is 15.5 Å². The Morgan fingerprint density at radius 1 is 1.17 bits per heavy atom. The van der Waals surface area contributed by atoms with Crippen LogP contribution in [0.1, 0.15) is 43.0 Å². The summed E-state index contributed by atoms with van der Waals surface area (Å²) in [5.41, 5.74) is 3.71. The summed E-state index contributed by atoms with van der Waals surface area (Å²) in [5.74, 6) is 3.75. The van der Waals surface area contributed by atoms with Crippen molar-refractivity contribution >= 4 is 58.7 Å². The molecule has 0 radical (unpaired) electrons. The SMILES string of the molecule is CCNC(=NCc1ccc(N2CCSCC2)cc1)NCc1nc(C(C)C)cs1.I. The molecule has 1 aliphatic rings. The van der Waals surface area contributed by atoms with Gasteiger partial charge in [-0.2, -0.15) is 11.8 Å². The molecule has 1 aromatic heterocycles. The summed E-state index contributed by atoms with van der Waals surface area (Å²) in [6.45, 7) is 10.9. The molecule has 0 aliphatic carbocycles. The van der Waals surface area contributed by atoms with Crippen molar-refractivity contribution in [1.82, 2.24) is 15.6 Å². The minimum atomic E-state index is 0. The zero-order valence-electron chi connectivity index (χ0n) is 17.5. The van der Waals surface area contributed by atoms with E-state index in [1.165, 1.54) is 22.8 Å². The molecule has 160 valence electrons. The highest BCUT2D eigenvalue weighted by Crippen LogP contribution is 2.20. The first-order valence-electron chi connectivity index (χ1n) is 10.0. The first kappa shape index (κ1) is 24.3. The molecule has 0 atom stereocenters. The molecule has 0 amide bonds. The van der Waals surface area contributed by atoms with E-state index in [0.29, 0.717) is 19.0 Å². The molecule has 29 heavy (non-hydrogen) atoms. The summed E-state index contributed by atoms with van der Waals surface area (Å²) >= 11 is 3.75. The number of benzene rings is 1. The number of hydrogen-bond acceptors (Lipinski definition) is 5. The monoisotopic (exact) mass is 545 g/mol. The van der Waals surface area contributed by atoms with Gasteiger partial charge in [0.2, 0.25) is 0 Å². The van der Waals surface area contributed by atoms with Gasteiger partial charge in [0.25, 0.3) is 0 Å². The third-order valence-corrected chi connectivity index (χ3v) is 6.45. The summed E-state index contributed by atoms with van der Waals surface area (Å²) in [6, 6.07) is 8.84. The summed E-state index contributed by atoms with van der Waals surface area (Å²) in [6.07, 6.45) is 0. The van der Waals surface area contributed by atoms with Crippen LogP contribution in [0.4, 0.5) is 5.69 Å². The van der Waals surface area contributed by atoms with Crippen LogP contribution in [-0.4, -0.2) is 42.1 Å². The lowest BCUT2D eigenvalue weighted by molar-refractivity contribution is 0.788. The predicted octanol–water partition coefficient (Wildman–Crippen LogP) is 4.69. The van der Waals surface area contributed by atoms with Crippen molar-refractivity contribution < 1.29 is 0 Å². The molecule has 1 saturated heterocycles. The van der Waals surface area contributed by atoms with Gasteiger partial charge in [0, 0.05) is 42.2 Å². The van der Waals surface area contributed by atoms with Crippen molar-refractivity contribution in [2.24, 2.45) is 4.99 Å². The van der Waals surface area contributed by atoms with Gasteiger partial charge in [-0.25, -0.2) is 9.98 Å². The van der Waals surface area contributed by atoms with Crippen LogP contribution >= 0.6 is 47.1 Å². The summed E-state index contributed by atoms with van der Waals surface area (Å²) in [7, 11) is 0. The Bertz CT molecular complexity index is 755. The summed E-state index contributed by atoms with van der Waals surface area (Å²) in [5, 5.41) is 9.96. The van der Waals surface area contributed by atoms with E-state index in [1.807, 2.05) is 11.8 Å². The first-order chi connectivity index (χ1) is 13.7. The van der Waals surface area contributed by atoms with Crippen LogP contribution in [0.5, 0.6) is 0 Å². The standard InChI is InChI=1S/C21H31N5S2.HI/c1-4-22-21(24-14-20-25-19(15-28-20)16(2)3)23-13-17-5-7-18(8-6-17)26-9-11-27-12-10-26;/h5-8,15-16H,4,9-14H2,1-3H3,(H2,22,23,24);1H. The molecule has 0 bridgehead atoms. The molecular weight excluding hydrogens is 513 g/mol. The number of aliphatic imine (C=N–C) groups is 1. The fourth-order valence-electron chi connectivity index (χ4n) is 2.98. The number of nitrogens with one attached hydrogen (secondary N) is 2. The maximum Gasteiger partial charge on any atom is 0.191 e. The smallest absolute Gasteiger partial charge is 0.191 e. The number of guanidine groups is 1. The second-order valence-electron chi connectivity index (χ2n) is 7.14. The Morgan fingerprint density at radius 2 is 1.90 bits per heavy atom. The van der Waals surface area contributed by atoms with Crippen molar-refractivity contribution in [2.75, 3.05) is 36.0 Å². The number of halogens is 1. The van der Waals surface area contributed by atoms with E-state index in [4.69, 9.17) is 4.99 Å². The van der Waals surface area contributed by atoms with Gasteiger partial charge in [-0.05, 0) is 30.5 Å². The van der Waals surface area contributed by atoms with Crippen LogP contribution in [0, 0.1) is 0 Å². The average molecular weight is 546 g/mol. The third kappa shape index (κ3) is 7.64. The second-order valence-corrected chi connectivity index (χ2v) is 9.30. The number of thiazole rings is 1. The Balaban J connectivity index is 0.00000300. The van der Waals surface area contributed by atoms with E-state index >= 15 is 0 Å². The quantitative estimate of drug-likeness (QED) is 0.301. The van der Waals surface area contributed by atoms with E-state index in [2.05, 4.69) is 70.9 Å². The largest absolute Gasteiger partial charge is 0.370 e. The van der Waals surface area contributed by atoms with E-state index in [9.17, 15) is 0 Å². The number of aromatic nitrogens is 1. The van der Waals surface area contributed by atoms with Gasteiger partial charge < -0.3 is 15.5 Å². The fourth-order valence-corrected chi connectivity index (χ4v) is 4.77. The lowest BCUT2D eigenvalue weighted by Crippen LogP contribution is -2.36. The highest BCUT2D eigenvalue weighted by molar-refractivity contribution is 14.0. The molecule has 2 aromatic rings. The summed E-state index contributed by atoms with van der Waals surface area (Å²) < 4.78 is 0. The van der Waals surface area contributed by atoms with Crippen LogP contribution in [0.15, 0.2) is 34.6 Å². The molecule has 8 heteroatoms. The number of hydrogen-bond donors (Lipinski definition) is 2. The Labute approximate surface area is 200 Å². The molecule has 5 nitrogen and oxygen atoms in total. The van der Waals surface area contributed by atoms with Crippen molar-refractivity contribution in [1.29, 1.82) is 0 Å². The molecular formula is C21H32IN5S2. The molecule has 0 saturated carbocycles. The molecule has 2 heterocycles. The van der Waals surface area contributed by atoms with Gasteiger partial charge >= 0.3 is 0 Å². The number of rotatable bonds is 7. The highest BCUT2D eigenvalue weighted by Gasteiger charge is 2.11. The minimum Gasteiger partial charge on any atom is -0.370 e. The maximum absolute atomic E-state index is 4.74. The van der Waals surface area contributed by atoms with Gasteiger partial charge in [-0.15, -0.1) is 35.3 Å². The molecule has 0 spiro atoms. The molecule has 3 rings (SSSR count). The first-order valence-corrected chi connectivity index (χ1v) is 12.1. The second kappa shape index (κ2) is 12.6. The lowest BCUT2D eigenvalue weighted by atomic mass is 10.2. The van der Waals surface area contributed by atoms with Gasteiger partial charge in [0.15, 0.2) is 5.96 Å². The Kier molecular flexibility index (Phi) is 10.6.